The maximum atomic E-state index is 12.6. The number of likely N-dealkylation sites (tertiary alicyclic amines) is 1. The third-order valence-corrected chi connectivity index (χ3v) is 4.26. The number of carbonyl (C=O) groups is 1. The van der Waals surface area contributed by atoms with Crippen LogP contribution < -0.4 is 5.73 Å². The summed E-state index contributed by atoms with van der Waals surface area (Å²) in [4.78, 5) is 15.2. The van der Waals surface area contributed by atoms with Crippen LogP contribution in [0, 0.1) is 0 Å². The van der Waals surface area contributed by atoms with E-state index < -0.39 is 0 Å². The van der Waals surface area contributed by atoms with E-state index in [4.69, 9.17) is 5.73 Å². The van der Waals surface area contributed by atoms with Crippen molar-refractivity contribution in [2.75, 3.05) is 6.54 Å². The summed E-state index contributed by atoms with van der Waals surface area (Å²) in [6.07, 6.45) is 3.95. The van der Waals surface area contributed by atoms with Crippen molar-refractivity contribution in [3.05, 3.63) is 10.6 Å². The third-order valence-electron chi connectivity index (χ3n) is 3.50. The molecule has 6 heteroatoms. The molecule has 0 aliphatic carbocycles. The molecule has 18 heavy (non-hydrogen) atoms. The minimum atomic E-state index is 0.0141. The summed E-state index contributed by atoms with van der Waals surface area (Å²) in [7, 11) is 0. The molecule has 1 aromatic heterocycles. The molecule has 1 fully saturated rings. The first kappa shape index (κ1) is 13.4. The van der Waals surface area contributed by atoms with Crippen LogP contribution in [-0.2, 0) is 6.42 Å². The first-order chi connectivity index (χ1) is 8.65. The van der Waals surface area contributed by atoms with E-state index in [1.807, 2.05) is 18.7 Å². The van der Waals surface area contributed by atoms with Gasteiger partial charge in [-0.25, -0.2) is 0 Å². The molecule has 0 bridgehead atoms. The van der Waals surface area contributed by atoms with Crippen molar-refractivity contribution in [2.24, 2.45) is 5.73 Å². The van der Waals surface area contributed by atoms with Gasteiger partial charge in [0.1, 0.15) is 4.88 Å². The van der Waals surface area contributed by atoms with Crippen LogP contribution in [0.5, 0.6) is 0 Å². The number of piperidine rings is 1. The van der Waals surface area contributed by atoms with E-state index in [0.29, 0.717) is 4.88 Å². The third kappa shape index (κ3) is 2.54. The standard InChI is InChI=1S/C12H20N4OS/c1-3-9-11(18-15-14-9)12(17)16-7-5-4-6-10(16)8(2)13/h8,10H,3-7,13H2,1-2H3. The van der Waals surface area contributed by atoms with Gasteiger partial charge >= 0.3 is 0 Å². The molecule has 0 aromatic carbocycles. The Morgan fingerprint density at radius 2 is 2.39 bits per heavy atom. The molecule has 2 heterocycles. The maximum Gasteiger partial charge on any atom is 0.267 e. The van der Waals surface area contributed by atoms with Gasteiger partial charge in [-0.05, 0) is 44.1 Å². The van der Waals surface area contributed by atoms with Gasteiger partial charge in [0.15, 0.2) is 0 Å². The quantitative estimate of drug-likeness (QED) is 0.900. The van der Waals surface area contributed by atoms with E-state index in [2.05, 4.69) is 9.59 Å². The Labute approximate surface area is 112 Å². The van der Waals surface area contributed by atoms with E-state index in [1.54, 1.807) is 0 Å². The van der Waals surface area contributed by atoms with Gasteiger partial charge in [-0.1, -0.05) is 11.4 Å². The minimum Gasteiger partial charge on any atom is -0.333 e. The topological polar surface area (TPSA) is 72.1 Å². The highest BCUT2D eigenvalue weighted by Crippen LogP contribution is 2.23. The molecule has 2 atom stereocenters. The monoisotopic (exact) mass is 268 g/mol. The van der Waals surface area contributed by atoms with Crippen LogP contribution in [0.2, 0.25) is 0 Å². The molecule has 1 aromatic rings. The fourth-order valence-corrected chi connectivity index (χ4v) is 3.20. The lowest BCUT2D eigenvalue weighted by molar-refractivity contribution is 0.0587. The molecule has 5 nitrogen and oxygen atoms in total. The van der Waals surface area contributed by atoms with E-state index >= 15 is 0 Å². The molecule has 1 aliphatic heterocycles. The van der Waals surface area contributed by atoms with Crippen molar-refractivity contribution in [1.29, 1.82) is 0 Å². The molecular weight excluding hydrogens is 248 g/mol. The van der Waals surface area contributed by atoms with Crippen LogP contribution in [-0.4, -0.2) is 39.0 Å². The van der Waals surface area contributed by atoms with Crippen LogP contribution in [0.3, 0.4) is 0 Å². The van der Waals surface area contributed by atoms with Gasteiger partial charge in [0.2, 0.25) is 0 Å². The minimum absolute atomic E-state index is 0.0141. The molecule has 1 saturated heterocycles. The highest BCUT2D eigenvalue weighted by Gasteiger charge is 2.31. The maximum absolute atomic E-state index is 12.6. The normalized spacial score (nSPS) is 21.9. The zero-order valence-electron chi connectivity index (χ0n) is 10.9. The van der Waals surface area contributed by atoms with Crippen LogP contribution >= 0.6 is 11.5 Å². The molecule has 100 valence electrons. The van der Waals surface area contributed by atoms with Gasteiger partial charge in [0, 0.05) is 18.6 Å². The second kappa shape index (κ2) is 5.75. The SMILES string of the molecule is CCc1nnsc1C(=O)N1CCCCC1C(C)N. The molecule has 2 unspecified atom stereocenters. The number of rotatable bonds is 3. The number of nitrogens with zero attached hydrogens (tertiary/aromatic N) is 3. The number of aromatic nitrogens is 2. The van der Waals surface area contributed by atoms with Gasteiger partial charge < -0.3 is 10.6 Å². The van der Waals surface area contributed by atoms with E-state index in [9.17, 15) is 4.79 Å². The first-order valence-corrected chi connectivity index (χ1v) is 7.30. The Hall–Kier alpha value is -1.01. The van der Waals surface area contributed by atoms with Crippen LogP contribution in [0.15, 0.2) is 0 Å². The number of nitrogens with two attached hydrogens (primary N) is 1. The van der Waals surface area contributed by atoms with Crippen molar-refractivity contribution in [3.8, 4) is 0 Å². The lowest BCUT2D eigenvalue weighted by Crippen LogP contribution is -2.51. The summed E-state index contributed by atoms with van der Waals surface area (Å²) < 4.78 is 3.89. The molecule has 2 N–H and O–H groups in total. The molecule has 1 amide bonds. The van der Waals surface area contributed by atoms with Gasteiger partial charge in [0.05, 0.1) is 5.69 Å². The highest BCUT2D eigenvalue weighted by molar-refractivity contribution is 7.08. The highest BCUT2D eigenvalue weighted by atomic mass is 32.1. The Bertz CT molecular complexity index is 418. The largest absolute Gasteiger partial charge is 0.333 e. The smallest absolute Gasteiger partial charge is 0.267 e. The van der Waals surface area contributed by atoms with Crippen molar-refractivity contribution in [1.82, 2.24) is 14.5 Å². The number of aryl methyl sites for hydroxylation is 1. The van der Waals surface area contributed by atoms with E-state index in [0.717, 1.165) is 37.9 Å². The molecule has 0 radical (unpaired) electrons. The molecule has 1 aliphatic rings. The average molecular weight is 268 g/mol. The van der Waals surface area contributed by atoms with Gasteiger partial charge in [0.25, 0.3) is 5.91 Å². The first-order valence-electron chi connectivity index (χ1n) is 6.53. The fraction of sp³-hybridized carbons (Fsp3) is 0.750. The van der Waals surface area contributed by atoms with Crippen molar-refractivity contribution in [3.63, 3.8) is 0 Å². The predicted octanol–water partition coefficient (Wildman–Crippen LogP) is 1.44. The van der Waals surface area contributed by atoms with E-state index in [1.165, 1.54) is 11.5 Å². The van der Waals surface area contributed by atoms with Crippen LogP contribution in [0.1, 0.15) is 48.5 Å². The van der Waals surface area contributed by atoms with Gasteiger partial charge in [-0.15, -0.1) is 5.10 Å². The Morgan fingerprint density at radius 1 is 1.61 bits per heavy atom. The molecular formula is C12H20N4OS. The number of hydrogen-bond donors (Lipinski definition) is 1. The lowest BCUT2D eigenvalue weighted by Gasteiger charge is -2.37. The number of amides is 1. The summed E-state index contributed by atoms with van der Waals surface area (Å²) >= 11 is 1.20. The Balaban J connectivity index is 2.21. The summed E-state index contributed by atoms with van der Waals surface area (Å²) in [6, 6.07) is 0.165. The Kier molecular flexibility index (Phi) is 4.29. The van der Waals surface area contributed by atoms with Crippen molar-refractivity contribution >= 4 is 17.4 Å². The zero-order valence-corrected chi connectivity index (χ0v) is 11.7. The average Bonchev–Trinajstić information content (AvgIpc) is 2.86. The van der Waals surface area contributed by atoms with Crippen LogP contribution in [0.4, 0.5) is 0 Å². The lowest BCUT2D eigenvalue weighted by atomic mass is 9.96. The number of hydrogen-bond acceptors (Lipinski definition) is 5. The van der Waals surface area contributed by atoms with Gasteiger partial charge in [-0.2, -0.15) is 0 Å². The number of carbonyl (C=O) groups excluding carboxylic acids is 1. The van der Waals surface area contributed by atoms with E-state index in [-0.39, 0.29) is 18.0 Å². The Morgan fingerprint density at radius 3 is 3.06 bits per heavy atom. The van der Waals surface area contributed by atoms with Gasteiger partial charge in [-0.3, -0.25) is 4.79 Å². The zero-order chi connectivity index (χ0) is 13.1. The molecule has 0 saturated carbocycles. The fourth-order valence-electron chi connectivity index (χ4n) is 2.49. The predicted molar refractivity (Wildman–Crippen MR) is 71.6 cm³/mol. The molecule has 2 rings (SSSR count). The summed E-state index contributed by atoms with van der Waals surface area (Å²) in [5.74, 6) is 0.0591. The van der Waals surface area contributed by atoms with Crippen molar-refractivity contribution in [2.45, 2.75) is 51.6 Å². The van der Waals surface area contributed by atoms with Crippen molar-refractivity contribution < 1.29 is 4.79 Å². The summed E-state index contributed by atoms with van der Waals surface area (Å²) in [6.45, 7) is 4.76. The summed E-state index contributed by atoms with van der Waals surface area (Å²) in [5, 5.41) is 4.01. The molecule has 0 spiro atoms. The second-order valence-corrected chi connectivity index (χ2v) is 5.58. The van der Waals surface area contributed by atoms with Crippen LogP contribution in [0.25, 0.3) is 0 Å². The second-order valence-electron chi connectivity index (χ2n) is 4.82. The summed E-state index contributed by atoms with van der Waals surface area (Å²) in [5.41, 5.74) is 6.80.